The first-order valence-corrected chi connectivity index (χ1v) is 10.2. The van der Waals surface area contributed by atoms with Gasteiger partial charge in [0, 0.05) is 15.6 Å². The molecule has 0 heterocycles. The Kier molecular flexibility index (Phi) is 6.01. The van der Waals surface area contributed by atoms with Crippen LogP contribution in [0.15, 0.2) is 65.6 Å². The van der Waals surface area contributed by atoms with Crippen molar-refractivity contribution in [1.29, 1.82) is 0 Å². The minimum Gasteiger partial charge on any atom is -0.460 e. The van der Waals surface area contributed by atoms with Gasteiger partial charge in [-0.25, -0.2) is 8.42 Å². The molecule has 0 atom stereocenters. The summed E-state index contributed by atoms with van der Waals surface area (Å²) in [5, 5.41) is 2.56. The molecule has 0 amide bonds. The summed E-state index contributed by atoms with van der Waals surface area (Å²) in [4.78, 5) is 11.9. The number of benzene rings is 3. The van der Waals surface area contributed by atoms with E-state index >= 15 is 0 Å². The molecule has 0 saturated heterocycles. The highest BCUT2D eigenvalue weighted by Crippen LogP contribution is 2.22. The Labute approximate surface area is 166 Å². The van der Waals surface area contributed by atoms with Gasteiger partial charge in [0.1, 0.15) is 13.2 Å². The van der Waals surface area contributed by atoms with Crippen molar-refractivity contribution in [3.8, 4) is 0 Å². The molecular formula is C19H15Cl2NO4S. The average Bonchev–Trinajstić information content (AvgIpc) is 2.65. The standard InChI is InChI=1S/C19H15Cl2NO4S/c20-16-7-5-15(18(21)10-16)12-26-19(23)11-22-27(24,25)17-8-6-13-3-1-2-4-14(13)9-17/h1-10,22H,11-12H2. The van der Waals surface area contributed by atoms with Crippen LogP contribution in [-0.2, 0) is 26.2 Å². The van der Waals surface area contributed by atoms with E-state index in [1.165, 1.54) is 12.1 Å². The van der Waals surface area contributed by atoms with Crippen LogP contribution in [0.1, 0.15) is 5.56 Å². The molecule has 8 heteroatoms. The summed E-state index contributed by atoms with van der Waals surface area (Å²) in [5.41, 5.74) is 0.576. The third kappa shape index (κ3) is 4.99. The zero-order valence-corrected chi connectivity index (χ0v) is 16.3. The van der Waals surface area contributed by atoms with Crippen LogP contribution in [0.25, 0.3) is 10.8 Å². The molecule has 3 aromatic rings. The van der Waals surface area contributed by atoms with Gasteiger partial charge in [0.25, 0.3) is 0 Å². The lowest BCUT2D eigenvalue weighted by molar-refractivity contribution is -0.143. The van der Waals surface area contributed by atoms with Crippen molar-refractivity contribution in [3.05, 3.63) is 76.3 Å². The number of ether oxygens (including phenoxy) is 1. The van der Waals surface area contributed by atoms with Crippen LogP contribution < -0.4 is 4.72 Å². The van der Waals surface area contributed by atoms with E-state index in [0.717, 1.165) is 10.8 Å². The predicted octanol–water partition coefficient (Wildman–Crippen LogP) is 4.17. The molecule has 0 aliphatic heterocycles. The molecule has 5 nitrogen and oxygen atoms in total. The lowest BCUT2D eigenvalue weighted by atomic mass is 10.1. The maximum Gasteiger partial charge on any atom is 0.321 e. The van der Waals surface area contributed by atoms with Crippen LogP contribution in [0.5, 0.6) is 0 Å². The summed E-state index contributed by atoms with van der Waals surface area (Å²) in [5.74, 6) is -0.717. The Hall–Kier alpha value is -2.12. The lowest BCUT2D eigenvalue weighted by Gasteiger charge is -2.09. The molecule has 0 unspecified atom stereocenters. The second-order valence-corrected chi connectivity index (χ2v) is 8.34. The summed E-state index contributed by atoms with van der Waals surface area (Å²) >= 11 is 11.8. The maximum atomic E-state index is 12.4. The van der Waals surface area contributed by atoms with Crippen molar-refractivity contribution in [2.24, 2.45) is 0 Å². The van der Waals surface area contributed by atoms with Crippen LogP contribution in [0.3, 0.4) is 0 Å². The molecule has 1 N–H and O–H groups in total. The SMILES string of the molecule is O=C(CNS(=O)(=O)c1ccc2ccccc2c1)OCc1ccc(Cl)cc1Cl. The van der Waals surface area contributed by atoms with E-state index in [4.69, 9.17) is 27.9 Å². The summed E-state index contributed by atoms with van der Waals surface area (Å²) in [6.07, 6.45) is 0. The normalized spacial score (nSPS) is 11.5. The van der Waals surface area contributed by atoms with E-state index in [-0.39, 0.29) is 11.5 Å². The Bertz CT molecular complexity index is 1100. The molecule has 0 radical (unpaired) electrons. The molecule has 0 saturated carbocycles. The Morgan fingerprint density at radius 1 is 0.963 bits per heavy atom. The molecule has 140 valence electrons. The van der Waals surface area contributed by atoms with Crippen LogP contribution in [0, 0.1) is 0 Å². The van der Waals surface area contributed by atoms with E-state index in [9.17, 15) is 13.2 Å². The van der Waals surface area contributed by atoms with E-state index in [2.05, 4.69) is 4.72 Å². The quantitative estimate of drug-likeness (QED) is 0.603. The average molecular weight is 424 g/mol. The Morgan fingerprint density at radius 2 is 1.70 bits per heavy atom. The molecule has 0 aromatic heterocycles. The van der Waals surface area contributed by atoms with Crippen molar-refractivity contribution in [3.63, 3.8) is 0 Å². The molecular weight excluding hydrogens is 409 g/mol. The van der Waals surface area contributed by atoms with Gasteiger partial charge < -0.3 is 4.74 Å². The zero-order chi connectivity index (χ0) is 19.4. The topological polar surface area (TPSA) is 72.5 Å². The fourth-order valence-electron chi connectivity index (χ4n) is 2.42. The Balaban J connectivity index is 1.61. The Morgan fingerprint density at radius 3 is 2.44 bits per heavy atom. The van der Waals surface area contributed by atoms with Gasteiger partial charge in [-0.3, -0.25) is 4.79 Å². The van der Waals surface area contributed by atoms with E-state index in [1.54, 1.807) is 24.3 Å². The third-order valence-electron chi connectivity index (χ3n) is 3.84. The predicted molar refractivity (Wildman–Crippen MR) is 105 cm³/mol. The van der Waals surface area contributed by atoms with Crippen LogP contribution in [-0.4, -0.2) is 20.9 Å². The number of carbonyl (C=O) groups excluding carboxylic acids is 1. The molecule has 27 heavy (non-hydrogen) atoms. The van der Waals surface area contributed by atoms with Gasteiger partial charge in [-0.2, -0.15) is 4.72 Å². The number of rotatable bonds is 6. The van der Waals surface area contributed by atoms with Crippen molar-refractivity contribution < 1.29 is 17.9 Å². The van der Waals surface area contributed by atoms with Crippen molar-refractivity contribution in [2.75, 3.05) is 6.54 Å². The van der Waals surface area contributed by atoms with Crippen molar-refractivity contribution in [1.82, 2.24) is 4.72 Å². The minimum atomic E-state index is -3.84. The number of hydrogen-bond acceptors (Lipinski definition) is 4. The molecule has 0 spiro atoms. The van der Waals surface area contributed by atoms with Gasteiger partial charge >= 0.3 is 5.97 Å². The van der Waals surface area contributed by atoms with Gasteiger partial charge in [0.15, 0.2) is 0 Å². The molecule has 0 fully saturated rings. The summed E-state index contributed by atoms with van der Waals surface area (Å²) < 4.78 is 32.1. The number of esters is 1. The zero-order valence-electron chi connectivity index (χ0n) is 14.0. The fourth-order valence-corrected chi connectivity index (χ4v) is 3.89. The first kappa shape index (κ1) is 19.6. The minimum absolute atomic E-state index is 0.0768. The third-order valence-corrected chi connectivity index (χ3v) is 5.83. The fraction of sp³-hybridized carbons (Fsp3) is 0.105. The number of hydrogen-bond donors (Lipinski definition) is 1. The summed E-state index contributed by atoms with van der Waals surface area (Å²) in [6, 6.07) is 17.0. The van der Waals surface area contributed by atoms with E-state index in [0.29, 0.717) is 15.6 Å². The molecule has 0 aliphatic rings. The second-order valence-electron chi connectivity index (χ2n) is 5.73. The first-order valence-electron chi connectivity index (χ1n) is 7.93. The maximum absolute atomic E-state index is 12.4. The van der Waals surface area contributed by atoms with Crippen LogP contribution in [0.2, 0.25) is 10.0 Å². The van der Waals surface area contributed by atoms with Gasteiger partial charge in [0.2, 0.25) is 10.0 Å². The van der Waals surface area contributed by atoms with E-state index in [1.807, 2.05) is 24.3 Å². The monoisotopic (exact) mass is 423 g/mol. The second kappa shape index (κ2) is 8.27. The van der Waals surface area contributed by atoms with E-state index < -0.39 is 22.5 Å². The van der Waals surface area contributed by atoms with Crippen LogP contribution in [0.4, 0.5) is 0 Å². The van der Waals surface area contributed by atoms with Gasteiger partial charge in [0.05, 0.1) is 4.90 Å². The number of sulfonamides is 1. The van der Waals surface area contributed by atoms with Crippen LogP contribution >= 0.6 is 23.2 Å². The van der Waals surface area contributed by atoms with Gasteiger partial charge in [-0.15, -0.1) is 0 Å². The van der Waals surface area contributed by atoms with Crippen molar-refractivity contribution >= 4 is 50.0 Å². The first-order chi connectivity index (χ1) is 12.8. The largest absolute Gasteiger partial charge is 0.460 e. The summed E-state index contributed by atoms with van der Waals surface area (Å²) in [6.45, 7) is -0.563. The lowest BCUT2D eigenvalue weighted by Crippen LogP contribution is -2.30. The molecule has 0 bridgehead atoms. The highest BCUT2D eigenvalue weighted by atomic mass is 35.5. The van der Waals surface area contributed by atoms with Gasteiger partial charge in [-0.05, 0) is 35.0 Å². The summed E-state index contributed by atoms with van der Waals surface area (Å²) in [7, 11) is -3.84. The highest BCUT2D eigenvalue weighted by Gasteiger charge is 2.17. The number of fused-ring (bicyclic) bond motifs is 1. The smallest absolute Gasteiger partial charge is 0.321 e. The van der Waals surface area contributed by atoms with Crippen molar-refractivity contribution in [2.45, 2.75) is 11.5 Å². The molecule has 3 aromatic carbocycles. The molecule has 3 rings (SSSR count). The number of nitrogens with one attached hydrogen (secondary N) is 1. The van der Waals surface area contributed by atoms with Gasteiger partial charge in [-0.1, -0.05) is 59.6 Å². The number of carbonyl (C=O) groups is 1. The highest BCUT2D eigenvalue weighted by molar-refractivity contribution is 7.89. The number of halogens is 2. The molecule has 0 aliphatic carbocycles.